The van der Waals surface area contributed by atoms with Crippen LogP contribution in [0.1, 0.15) is 24.8 Å². The van der Waals surface area contributed by atoms with Crippen LogP contribution in [0.3, 0.4) is 0 Å². The van der Waals surface area contributed by atoms with Gasteiger partial charge in [0.2, 0.25) is 0 Å². The quantitative estimate of drug-likeness (QED) is 0.669. The summed E-state index contributed by atoms with van der Waals surface area (Å²) >= 11 is 0. The van der Waals surface area contributed by atoms with E-state index in [0.29, 0.717) is 6.61 Å². The molecule has 0 amide bonds. The Morgan fingerprint density at radius 2 is 2.07 bits per heavy atom. The van der Waals surface area contributed by atoms with Crippen LogP contribution in [0.5, 0.6) is 0 Å². The highest BCUT2D eigenvalue weighted by molar-refractivity contribution is 5.76. The molecule has 0 radical (unpaired) electrons. The molecule has 1 aliphatic rings. The number of carbonyl (C=O) groups excluding carboxylic acids is 1. The molecule has 0 unspecified atom stereocenters. The van der Waals surface area contributed by atoms with Crippen LogP contribution >= 0.6 is 0 Å². The SMILES string of the molecule is CC[C@@H]1C(=O)OC[C@H]1c1ccccc1. The van der Waals surface area contributed by atoms with Crippen LogP contribution in [0, 0.1) is 5.92 Å². The topological polar surface area (TPSA) is 26.3 Å². The minimum Gasteiger partial charge on any atom is -0.465 e. The fourth-order valence-electron chi connectivity index (χ4n) is 2.04. The van der Waals surface area contributed by atoms with Crippen LogP contribution in [0.2, 0.25) is 0 Å². The van der Waals surface area contributed by atoms with Crippen molar-refractivity contribution in [3.8, 4) is 0 Å². The summed E-state index contributed by atoms with van der Waals surface area (Å²) in [4.78, 5) is 11.4. The van der Waals surface area contributed by atoms with Crippen LogP contribution < -0.4 is 0 Å². The van der Waals surface area contributed by atoms with Gasteiger partial charge in [0.25, 0.3) is 0 Å². The lowest BCUT2D eigenvalue weighted by Crippen LogP contribution is -2.13. The summed E-state index contributed by atoms with van der Waals surface area (Å²) in [5.74, 6) is 0.271. The van der Waals surface area contributed by atoms with Gasteiger partial charge in [0.15, 0.2) is 0 Å². The molecule has 0 bridgehead atoms. The molecule has 0 N–H and O–H groups in total. The summed E-state index contributed by atoms with van der Waals surface area (Å²) in [5.41, 5.74) is 1.21. The van der Waals surface area contributed by atoms with E-state index in [1.54, 1.807) is 0 Å². The van der Waals surface area contributed by atoms with Crippen molar-refractivity contribution < 1.29 is 9.53 Å². The number of esters is 1. The van der Waals surface area contributed by atoms with E-state index in [2.05, 4.69) is 12.1 Å². The molecule has 1 saturated heterocycles. The van der Waals surface area contributed by atoms with Crippen LogP contribution in [-0.4, -0.2) is 12.6 Å². The highest BCUT2D eigenvalue weighted by Crippen LogP contribution is 2.33. The van der Waals surface area contributed by atoms with Gasteiger partial charge in [-0.25, -0.2) is 0 Å². The molecule has 0 aromatic heterocycles. The molecular weight excluding hydrogens is 176 g/mol. The van der Waals surface area contributed by atoms with Crippen molar-refractivity contribution in [1.29, 1.82) is 0 Å². The van der Waals surface area contributed by atoms with E-state index in [4.69, 9.17) is 4.74 Å². The number of hydrogen-bond acceptors (Lipinski definition) is 2. The zero-order valence-corrected chi connectivity index (χ0v) is 8.27. The first-order valence-corrected chi connectivity index (χ1v) is 5.04. The predicted octanol–water partition coefficient (Wildman–Crippen LogP) is 2.35. The molecule has 0 spiro atoms. The van der Waals surface area contributed by atoms with Gasteiger partial charge in [-0.15, -0.1) is 0 Å². The zero-order valence-electron chi connectivity index (χ0n) is 8.27. The number of benzene rings is 1. The predicted molar refractivity (Wildman–Crippen MR) is 53.9 cm³/mol. The molecule has 2 atom stereocenters. The largest absolute Gasteiger partial charge is 0.465 e. The second-order valence-corrected chi connectivity index (χ2v) is 3.66. The van der Waals surface area contributed by atoms with E-state index in [1.165, 1.54) is 5.56 Å². The summed E-state index contributed by atoms with van der Waals surface area (Å²) < 4.78 is 5.08. The van der Waals surface area contributed by atoms with Crippen molar-refractivity contribution in [2.45, 2.75) is 19.3 Å². The fraction of sp³-hybridized carbons (Fsp3) is 0.417. The maximum absolute atomic E-state index is 11.4. The average molecular weight is 190 g/mol. The smallest absolute Gasteiger partial charge is 0.309 e. The van der Waals surface area contributed by atoms with Crippen molar-refractivity contribution in [2.75, 3.05) is 6.61 Å². The lowest BCUT2D eigenvalue weighted by Gasteiger charge is -2.12. The molecule has 1 heterocycles. The summed E-state index contributed by atoms with van der Waals surface area (Å²) in [7, 11) is 0. The van der Waals surface area contributed by atoms with E-state index in [1.807, 2.05) is 25.1 Å². The second kappa shape index (κ2) is 3.82. The standard InChI is InChI=1S/C12H14O2/c1-2-10-11(8-14-12(10)13)9-6-4-3-5-7-9/h3-7,10-11H,2,8H2,1H3/t10-,11-/m0/s1. The van der Waals surface area contributed by atoms with E-state index < -0.39 is 0 Å². The Morgan fingerprint density at radius 3 is 2.71 bits per heavy atom. The number of hydrogen-bond donors (Lipinski definition) is 0. The van der Waals surface area contributed by atoms with Gasteiger partial charge in [0, 0.05) is 5.92 Å². The molecular formula is C12H14O2. The monoisotopic (exact) mass is 190 g/mol. The lowest BCUT2D eigenvalue weighted by atomic mass is 9.87. The van der Waals surface area contributed by atoms with Gasteiger partial charge in [-0.1, -0.05) is 37.3 Å². The van der Waals surface area contributed by atoms with Crippen molar-refractivity contribution >= 4 is 5.97 Å². The van der Waals surface area contributed by atoms with E-state index in [-0.39, 0.29) is 17.8 Å². The van der Waals surface area contributed by atoms with Crippen LogP contribution in [0.15, 0.2) is 30.3 Å². The molecule has 0 saturated carbocycles. The van der Waals surface area contributed by atoms with Gasteiger partial charge in [0.1, 0.15) is 0 Å². The first-order chi connectivity index (χ1) is 6.83. The molecule has 1 aromatic rings. The van der Waals surface area contributed by atoms with Gasteiger partial charge in [0.05, 0.1) is 12.5 Å². The molecule has 1 aromatic carbocycles. The normalized spacial score (nSPS) is 26.2. The van der Waals surface area contributed by atoms with Gasteiger partial charge in [-0.3, -0.25) is 4.79 Å². The number of cyclic esters (lactones) is 1. The highest BCUT2D eigenvalue weighted by Gasteiger charge is 2.36. The molecule has 2 rings (SSSR count). The Kier molecular flexibility index (Phi) is 2.53. The van der Waals surface area contributed by atoms with Gasteiger partial charge < -0.3 is 4.74 Å². The fourth-order valence-corrected chi connectivity index (χ4v) is 2.04. The van der Waals surface area contributed by atoms with Crippen molar-refractivity contribution in [3.63, 3.8) is 0 Å². The van der Waals surface area contributed by atoms with Gasteiger partial charge in [-0.05, 0) is 12.0 Å². The summed E-state index contributed by atoms with van der Waals surface area (Å²) in [6, 6.07) is 10.1. The Hall–Kier alpha value is -1.31. The maximum Gasteiger partial charge on any atom is 0.309 e. The first kappa shape index (κ1) is 9.25. The molecule has 1 aliphatic heterocycles. The van der Waals surface area contributed by atoms with Gasteiger partial charge in [-0.2, -0.15) is 0 Å². The third-order valence-electron chi connectivity index (χ3n) is 2.86. The minimum atomic E-state index is -0.0404. The average Bonchev–Trinajstić information content (AvgIpc) is 2.61. The number of carbonyl (C=O) groups is 1. The second-order valence-electron chi connectivity index (χ2n) is 3.66. The van der Waals surface area contributed by atoms with Crippen molar-refractivity contribution in [2.24, 2.45) is 5.92 Å². The van der Waals surface area contributed by atoms with Crippen molar-refractivity contribution in [1.82, 2.24) is 0 Å². The van der Waals surface area contributed by atoms with Crippen LogP contribution in [0.25, 0.3) is 0 Å². The third-order valence-corrected chi connectivity index (χ3v) is 2.86. The van der Waals surface area contributed by atoms with Crippen LogP contribution in [0.4, 0.5) is 0 Å². The Morgan fingerprint density at radius 1 is 1.36 bits per heavy atom. The Bertz CT molecular complexity index is 318. The zero-order chi connectivity index (χ0) is 9.97. The van der Waals surface area contributed by atoms with E-state index >= 15 is 0 Å². The molecule has 14 heavy (non-hydrogen) atoms. The van der Waals surface area contributed by atoms with E-state index in [0.717, 1.165) is 6.42 Å². The van der Waals surface area contributed by atoms with Crippen LogP contribution in [-0.2, 0) is 9.53 Å². The lowest BCUT2D eigenvalue weighted by molar-refractivity contribution is -0.141. The Labute approximate surface area is 83.9 Å². The van der Waals surface area contributed by atoms with Gasteiger partial charge >= 0.3 is 5.97 Å². The minimum absolute atomic E-state index is 0.0404. The molecule has 0 aliphatic carbocycles. The molecule has 74 valence electrons. The third kappa shape index (κ3) is 1.52. The Balaban J connectivity index is 2.23. The summed E-state index contributed by atoms with van der Waals surface area (Å²) in [6.45, 7) is 2.58. The summed E-state index contributed by atoms with van der Waals surface area (Å²) in [6.07, 6.45) is 0.860. The summed E-state index contributed by atoms with van der Waals surface area (Å²) in [5, 5.41) is 0. The maximum atomic E-state index is 11.4. The molecule has 2 nitrogen and oxygen atoms in total. The van der Waals surface area contributed by atoms with Crippen molar-refractivity contribution in [3.05, 3.63) is 35.9 Å². The highest BCUT2D eigenvalue weighted by atomic mass is 16.5. The first-order valence-electron chi connectivity index (χ1n) is 5.04. The molecule has 2 heteroatoms. The molecule has 1 fully saturated rings. The number of rotatable bonds is 2. The number of ether oxygens (including phenoxy) is 1. The van der Waals surface area contributed by atoms with E-state index in [9.17, 15) is 4.79 Å².